The lowest BCUT2D eigenvalue weighted by atomic mass is 10.3. The van der Waals surface area contributed by atoms with Crippen molar-refractivity contribution in [2.45, 2.75) is 26.2 Å². The van der Waals surface area contributed by atoms with Crippen LogP contribution in [0.2, 0.25) is 0 Å². The van der Waals surface area contributed by atoms with Crippen LogP contribution < -0.4 is 4.90 Å². The van der Waals surface area contributed by atoms with Crippen molar-refractivity contribution in [1.29, 1.82) is 0 Å². The summed E-state index contributed by atoms with van der Waals surface area (Å²) < 4.78 is 4.90. The number of carbonyl (C=O) groups excluding carboxylic acids is 1. The van der Waals surface area contributed by atoms with Crippen LogP contribution in [-0.4, -0.2) is 31.2 Å². The van der Waals surface area contributed by atoms with E-state index < -0.39 is 0 Å². The molecule has 0 spiro atoms. The minimum absolute atomic E-state index is 0.200. The standard InChI is InChI=1S/C12H18N2O2S/c1-3-16-11(15)6-10-8-17-12(13-10)14(2)7-9-4-5-9/h8-9H,3-7H2,1-2H3. The van der Waals surface area contributed by atoms with E-state index in [2.05, 4.69) is 16.9 Å². The zero-order valence-corrected chi connectivity index (χ0v) is 11.1. The SMILES string of the molecule is CCOC(=O)Cc1csc(N(C)CC2CC2)n1. The molecule has 1 fully saturated rings. The number of anilines is 1. The molecule has 4 nitrogen and oxygen atoms in total. The number of aromatic nitrogens is 1. The first-order valence-electron chi connectivity index (χ1n) is 6.00. The summed E-state index contributed by atoms with van der Waals surface area (Å²) in [5, 5.41) is 2.94. The van der Waals surface area contributed by atoms with Crippen molar-refractivity contribution in [3.05, 3.63) is 11.1 Å². The maximum Gasteiger partial charge on any atom is 0.311 e. The average Bonchev–Trinajstić information content (AvgIpc) is 2.96. The molecule has 0 amide bonds. The van der Waals surface area contributed by atoms with Crippen LogP contribution in [0.1, 0.15) is 25.5 Å². The molecule has 1 saturated carbocycles. The average molecular weight is 254 g/mol. The van der Waals surface area contributed by atoms with Gasteiger partial charge in [-0.3, -0.25) is 4.79 Å². The molecule has 1 aromatic heterocycles. The lowest BCUT2D eigenvalue weighted by molar-refractivity contribution is -0.142. The Morgan fingerprint density at radius 2 is 2.41 bits per heavy atom. The van der Waals surface area contributed by atoms with E-state index in [1.165, 1.54) is 12.8 Å². The molecule has 1 heterocycles. The van der Waals surface area contributed by atoms with Gasteiger partial charge in [-0.1, -0.05) is 0 Å². The van der Waals surface area contributed by atoms with E-state index in [-0.39, 0.29) is 12.4 Å². The zero-order valence-electron chi connectivity index (χ0n) is 10.3. The van der Waals surface area contributed by atoms with Gasteiger partial charge in [0.15, 0.2) is 5.13 Å². The summed E-state index contributed by atoms with van der Waals surface area (Å²) in [4.78, 5) is 17.9. The maximum atomic E-state index is 11.3. The molecule has 94 valence electrons. The van der Waals surface area contributed by atoms with Gasteiger partial charge in [0.1, 0.15) is 0 Å². The first-order chi connectivity index (χ1) is 8.19. The van der Waals surface area contributed by atoms with E-state index in [1.54, 1.807) is 11.3 Å². The van der Waals surface area contributed by atoms with Crippen LogP contribution in [0.3, 0.4) is 0 Å². The molecule has 0 unspecified atom stereocenters. The van der Waals surface area contributed by atoms with Gasteiger partial charge in [-0.05, 0) is 25.7 Å². The van der Waals surface area contributed by atoms with Gasteiger partial charge < -0.3 is 9.64 Å². The molecule has 1 aliphatic rings. The van der Waals surface area contributed by atoms with Crippen molar-refractivity contribution in [2.75, 3.05) is 25.1 Å². The van der Waals surface area contributed by atoms with E-state index >= 15 is 0 Å². The summed E-state index contributed by atoms with van der Waals surface area (Å²) in [6, 6.07) is 0. The van der Waals surface area contributed by atoms with Crippen LogP contribution in [0.25, 0.3) is 0 Å². The van der Waals surface area contributed by atoms with E-state index in [9.17, 15) is 4.79 Å². The van der Waals surface area contributed by atoms with Gasteiger partial charge >= 0.3 is 5.97 Å². The maximum absolute atomic E-state index is 11.3. The van der Waals surface area contributed by atoms with Gasteiger partial charge in [0.2, 0.25) is 0 Å². The smallest absolute Gasteiger partial charge is 0.311 e. The number of rotatable bonds is 6. The fraction of sp³-hybridized carbons (Fsp3) is 0.667. The fourth-order valence-electron chi connectivity index (χ4n) is 1.68. The largest absolute Gasteiger partial charge is 0.466 e. The van der Waals surface area contributed by atoms with E-state index in [0.717, 1.165) is 23.3 Å². The van der Waals surface area contributed by atoms with Crippen LogP contribution in [0, 0.1) is 5.92 Å². The molecule has 17 heavy (non-hydrogen) atoms. The molecule has 0 bridgehead atoms. The number of ether oxygens (including phenoxy) is 1. The predicted molar refractivity (Wildman–Crippen MR) is 68.4 cm³/mol. The number of thiazole rings is 1. The highest BCUT2D eigenvalue weighted by atomic mass is 32.1. The first kappa shape index (κ1) is 12.4. The van der Waals surface area contributed by atoms with Crippen LogP contribution in [0.5, 0.6) is 0 Å². The molecule has 1 aromatic rings. The molecular formula is C12H18N2O2S. The van der Waals surface area contributed by atoms with Crippen LogP contribution in [0.15, 0.2) is 5.38 Å². The number of nitrogens with zero attached hydrogens (tertiary/aromatic N) is 2. The van der Waals surface area contributed by atoms with Crippen LogP contribution >= 0.6 is 11.3 Å². The minimum atomic E-state index is -0.200. The predicted octanol–water partition coefficient (Wildman–Crippen LogP) is 2.09. The molecule has 0 saturated heterocycles. The molecule has 2 rings (SSSR count). The first-order valence-corrected chi connectivity index (χ1v) is 6.88. The molecule has 0 aromatic carbocycles. The van der Waals surface area contributed by atoms with Gasteiger partial charge in [0.25, 0.3) is 0 Å². The van der Waals surface area contributed by atoms with E-state index in [0.29, 0.717) is 6.61 Å². The highest BCUT2D eigenvalue weighted by molar-refractivity contribution is 7.13. The number of carbonyl (C=O) groups is 1. The summed E-state index contributed by atoms with van der Waals surface area (Å²) in [5.74, 6) is 0.645. The third-order valence-corrected chi connectivity index (χ3v) is 3.73. The zero-order chi connectivity index (χ0) is 12.3. The second kappa shape index (κ2) is 5.49. The second-order valence-electron chi connectivity index (χ2n) is 4.43. The lowest BCUT2D eigenvalue weighted by Crippen LogP contribution is -2.19. The number of hydrogen-bond acceptors (Lipinski definition) is 5. The molecule has 0 radical (unpaired) electrons. The summed E-state index contributed by atoms with van der Waals surface area (Å²) >= 11 is 1.59. The van der Waals surface area contributed by atoms with Crippen LogP contribution in [0.4, 0.5) is 5.13 Å². The molecule has 0 aliphatic heterocycles. The Morgan fingerprint density at radius 3 is 3.06 bits per heavy atom. The monoisotopic (exact) mass is 254 g/mol. The van der Waals surface area contributed by atoms with E-state index in [4.69, 9.17) is 4.74 Å². The van der Waals surface area contributed by atoms with Crippen molar-refractivity contribution in [1.82, 2.24) is 4.98 Å². The van der Waals surface area contributed by atoms with Gasteiger partial charge in [0.05, 0.1) is 18.7 Å². The number of hydrogen-bond donors (Lipinski definition) is 0. The quantitative estimate of drug-likeness (QED) is 0.729. The number of esters is 1. The van der Waals surface area contributed by atoms with Gasteiger partial charge in [0, 0.05) is 19.0 Å². The van der Waals surface area contributed by atoms with Crippen molar-refractivity contribution in [3.63, 3.8) is 0 Å². The van der Waals surface area contributed by atoms with Gasteiger partial charge in [-0.25, -0.2) is 4.98 Å². The summed E-state index contributed by atoms with van der Waals surface area (Å²) in [6.07, 6.45) is 2.96. The Bertz CT molecular complexity index is 388. The van der Waals surface area contributed by atoms with Crippen molar-refractivity contribution in [2.24, 2.45) is 5.92 Å². The van der Waals surface area contributed by atoms with Crippen molar-refractivity contribution >= 4 is 22.4 Å². The third kappa shape index (κ3) is 3.70. The fourth-order valence-corrected chi connectivity index (χ4v) is 2.48. The normalized spacial score (nSPS) is 14.7. The Morgan fingerprint density at radius 1 is 1.65 bits per heavy atom. The Labute approximate surface area is 106 Å². The molecule has 0 N–H and O–H groups in total. The second-order valence-corrected chi connectivity index (χ2v) is 5.26. The summed E-state index contributed by atoms with van der Waals surface area (Å²) in [5.41, 5.74) is 0.811. The van der Waals surface area contributed by atoms with Crippen molar-refractivity contribution in [3.8, 4) is 0 Å². The van der Waals surface area contributed by atoms with Crippen LogP contribution in [-0.2, 0) is 16.0 Å². The molecule has 1 aliphatic carbocycles. The third-order valence-electron chi connectivity index (χ3n) is 2.73. The van der Waals surface area contributed by atoms with Gasteiger partial charge in [-0.2, -0.15) is 0 Å². The highest BCUT2D eigenvalue weighted by Gasteiger charge is 2.24. The van der Waals surface area contributed by atoms with Gasteiger partial charge in [-0.15, -0.1) is 11.3 Å². The summed E-state index contributed by atoms with van der Waals surface area (Å²) in [6.45, 7) is 3.32. The molecule has 0 atom stereocenters. The highest BCUT2D eigenvalue weighted by Crippen LogP contribution is 2.31. The molecule has 5 heteroatoms. The minimum Gasteiger partial charge on any atom is -0.466 e. The topological polar surface area (TPSA) is 42.4 Å². The Kier molecular flexibility index (Phi) is 3.99. The Balaban J connectivity index is 1.87. The van der Waals surface area contributed by atoms with E-state index in [1.807, 2.05) is 12.3 Å². The summed E-state index contributed by atoms with van der Waals surface area (Å²) in [7, 11) is 2.06. The molecular weight excluding hydrogens is 236 g/mol. The van der Waals surface area contributed by atoms with Crippen molar-refractivity contribution < 1.29 is 9.53 Å². The lowest BCUT2D eigenvalue weighted by Gasteiger charge is -2.14. The Hall–Kier alpha value is -1.10.